The Bertz CT molecular complexity index is 905. The molecule has 0 radical (unpaired) electrons. The number of hydrogen-bond donors (Lipinski definition) is 0. The predicted octanol–water partition coefficient (Wildman–Crippen LogP) is 3.13. The van der Waals surface area contributed by atoms with Crippen molar-refractivity contribution in [1.82, 2.24) is 4.31 Å². The van der Waals surface area contributed by atoms with Crippen molar-refractivity contribution in [3.63, 3.8) is 0 Å². The van der Waals surface area contributed by atoms with E-state index >= 15 is 0 Å². The first kappa shape index (κ1) is 18.8. The first-order valence-electron chi connectivity index (χ1n) is 10.7. The van der Waals surface area contributed by atoms with Gasteiger partial charge in [-0.25, -0.2) is 8.42 Å². The molecule has 4 atom stereocenters. The van der Waals surface area contributed by atoms with Gasteiger partial charge in [-0.1, -0.05) is 13.0 Å². The van der Waals surface area contributed by atoms with E-state index in [1.807, 2.05) is 6.07 Å². The Morgan fingerprint density at radius 3 is 2.68 bits per heavy atom. The molecule has 5 nitrogen and oxygen atoms in total. The number of rotatable bonds is 2. The molecule has 1 heterocycles. The second kappa shape index (κ2) is 6.64. The van der Waals surface area contributed by atoms with E-state index in [-0.39, 0.29) is 5.41 Å². The first-order chi connectivity index (χ1) is 13.4. The minimum atomic E-state index is -3.45. The SMILES string of the molecule is C[C@]12CC[C@@H]3c4ccc(S(=O)(=O)N5CCOCC5)cc4CC[C@H]3[C@@H]1CCC2=O. The van der Waals surface area contributed by atoms with Crippen molar-refractivity contribution < 1.29 is 17.9 Å². The third kappa shape index (κ3) is 2.71. The molecule has 1 aromatic carbocycles. The lowest BCUT2D eigenvalue weighted by molar-refractivity contribution is -0.129. The quantitative estimate of drug-likeness (QED) is 0.761. The number of carbonyl (C=O) groups excluding carboxylic acids is 1. The van der Waals surface area contributed by atoms with E-state index in [1.54, 1.807) is 10.4 Å². The van der Waals surface area contributed by atoms with Crippen LogP contribution in [-0.2, 0) is 26.0 Å². The minimum Gasteiger partial charge on any atom is -0.379 e. The van der Waals surface area contributed by atoms with Crippen LogP contribution in [0.3, 0.4) is 0 Å². The van der Waals surface area contributed by atoms with Gasteiger partial charge in [0, 0.05) is 24.9 Å². The summed E-state index contributed by atoms with van der Waals surface area (Å²) in [6.45, 7) is 3.98. The molecule has 1 aliphatic heterocycles. The summed E-state index contributed by atoms with van der Waals surface area (Å²) in [5.41, 5.74) is 2.42. The fourth-order valence-corrected chi connectivity index (χ4v) is 7.89. The minimum absolute atomic E-state index is 0.113. The molecular formula is C22H29NO4S. The second-order valence-electron chi connectivity index (χ2n) is 9.21. The number of ketones is 1. The Balaban J connectivity index is 1.44. The number of nitrogens with zero attached hydrogens (tertiary/aromatic N) is 1. The fraction of sp³-hybridized carbons (Fsp3) is 0.682. The highest BCUT2D eigenvalue weighted by molar-refractivity contribution is 7.89. The molecule has 0 N–H and O–H groups in total. The van der Waals surface area contributed by atoms with Crippen molar-refractivity contribution in [2.24, 2.45) is 17.3 Å². The lowest BCUT2D eigenvalue weighted by atomic mass is 9.55. The third-order valence-electron chi connectivity index (χ3n) is 8.01. The van der Waals surface area contributed by atoms with E-state index in [0.29, 0.717) is 54.7 Å². The number of benzene rings is 1. The van der Waals surface area contributed by atoms with Gasteiger partial charge in [-0.15, -0.1) is 0 Å². The number of morpholine rings is 1. The zero-order chi connectivity index (χ0) is 19.5. The molecule has 0 bridgehead atoms. The van der Waals surface area contributed by atoms with Gasteiger partial charge in [-0.2, -0.15) is 4.31 Å². The van der Waals surface area contributed by atoms with Gasteiger partial charge >= 0.3 is 0 Å². The average Bonchev–Trinajstić information content (AvgIpc) is 3.03. The molecule has 5 rings (SSSR count). The highest BCUT2D eigenvalue weighted by Crippen LogP contribution is 2.59. The number of fused-ring (bicyclic) bond motifs is 5. The largest absolute Gasteiger partial charge is 0.379 e. The van der Waals surface area contributed by atoms with Crippen molar-refractivity contribution >= 4 is 15.8 Å². The fourth-order valence-electron chi connectivity index (χ4n) is 6.43. The second-order valence-corrected chi connectivity index (χ2v) is 11.1. The average molecular weight is 404 g/mol. The first-order valence-corrected chi connectivity index (χ1v) is 12.1. The van der Waals surface area contributed by atoms with Gasteiger partial charge in [0.05, 0.1) is 18.1 Å². The molecule has 3 aliphatic carbocycles. The van der Waals surface area contributed by atoms with Crippen LogP contribution in [-0.4, -0.2) is 44.8 Å². The maximum atomic E-state index is 13.0. The van der Waals surface area contributed by atoms with Crippen molar-refractivity contribution in [2.75, 3.05) is 26.3 Å². The maximum absolute atomic E-state index is 13.0. The Kier molecular flexibility index (Phi) is 4.45. The van der Waals surface area contributed by atoms with Crippen molar-refractivity contribution in [3.8, 4) is 0 Å². The van der Waals surface area contributed by atoms with Gasteiger partial charge in [0.1, 0.15) is 5.78 Å². The number of sulfonamides is 1. The molecule has 0 amide bonds. The van der Waals surface area contributed by atoms with Crippen LogP contribution in [0.25, 0.3) is 0 Å². The summed E-state index contributed by atoms with van der Waals surface area (Å²) in [4.78, 5) is 12.9. The Labute approximate surface area is 167 Å². The van der Waals surface area contributed by atoms with Crippen LogP contribution in [0, 0.1) is 17.3 Å². The molecule has 6 heteroatoms. The van der Waals surface area contributed by atoms with Crippen LogP contribution in [0.4, 0.5) is 0 Å². The number of hydrogen-bond acceptors (Lipinski definition) is 4. The van der Waals surface area contributed by atoms with Crippen molar-refractivity contribution in [2.45, 2.75) is 56.3 Å². The van der Waals surface area contributed by atoms with Gasteiger partial charge in [-0.05, 0) is 73.1 Å². The molecule has 3 fully saturated rings. The van der Waals surface area contributed by atoms with E-state index in [1.165, 1.54) is 11.1 Å². The topological polar surface area (TPSA) is 63.7 Å². The Morgan fingerprint density at radius 2 is 1.89 bits per heavy atom. The van der Waals surface area contributed by atoms with E-state index < -0.39 is 10.0 Å². The van der Waals surface area contributed by atoms with E-state index in [2.05, 4.69) is 13.0 Å². The van der Waals surface area contributed by atoms with Gasteiger partial charge in [0.15, 0.2) is 0 Å². The smallest absolute Gasteiger partial charge is 0.243 e. The molecule has 4 aliphatic rings. The van der Waals surface area contributed by atoms with Gasteiger partial charge in [0.25, 0.3) is 0 Å². The maximum Gasteiger partial charge on any atom is 0.243 e. The van der Waals surface area contributed by atoms with Crippen molar-refractivity contribution in [1.29, 1.82) is 0 Å². The summed E-state index contributed by atoms with van der Waals surface area (Å²) in [5, 5.41) is 0. The molecule has 28 heavy (non-hydrogen) atoms. The van der Waals surface area contributed by atoms with Crippen LogP contribution < -0.4 is 0 Å². The molecule has 0 spiro atoms. The summed E-state index contributed by atoms with van der Waals surface area (Å²) in [7, 11) is -3.45. The predicted molar refractivity (Wildman–Crippen MR) is 106 cm³/mol. The van der Waals surface area contributed by atoms with Gasteiger partial charge in [-0.3, -0.25) is 4.79 Å². The monoisotopic (exact) mass is 403 g/mol. The van der Waals surface area contributed by atoms with Crippen LogP contribution in [0.1, 0.15) is 56.1 Å². The third-order valence-corrected chi connectivity index (χ3v) is 9.91. The number of carbonyl (C=O) groups is 1. The van der Waals surface area contributed by atoms with E-state index in [0.717, 1.165) is 38.5 Å². The standard InChI is InChI=1S/C22H29NO4S/c1-22-9-8-18-17-5-3-16(28(25,26)23-10-12-27-13-11-23)14-15(17)2-4-19(18)20(22)6-7-21(22)24/h3,5,14,18-20H,2,4,6-13H2,1H3/t18-,19-,20+,22+/m1/s1. The van der Waals surface area contributed by atoms with E-state index in [9.17, 15) is 13.2 Å². The summed E-state index contributed by atoms with van der Waals surface area (Å²) >= 11 is 0. The van der Waals surface area contributed by atoms with Crippen LogP contribution >= 0.6 is 0 Å². The molecule has 0 unspecified atom stereocenters. The molecular weight excluding hydrogens is 374 g/mol. The van der Waals surface area contributed by atoms with Crippen LogP contribution in [0.2, 0.25) is 0 Å². The number of ether oxygens (including phenoxy) is 1. The normalized spacial score (nSPS) is 35.9. The van der Waals surface area contributed by atoms with Gasteiger partial charge < -0.3 is 4.74 Å². The van der Waals surface area contributed by atoms with Crippen LogP contribution in [0.15, 0.2) is 23.1 Å². The van der Waals surface area contributed by atoms with Gasteiger partial charge in [0.2, 0.25) is 10.0 Å². The zero-order valence-corrected chi connectivity index (χ0v) is 17.3. The summed E-state index contributed by atoms with van der Waals surface area (Å²) in [5.74, 6) is 2.02. The zero-order valence-electron chi connectivity index (χ0n) is 16.5. The Hall–Kier alpha value is -1.24. The Morgan fingerprint density at radius 1 is 1.11 bits per heavy atom. The van der Waals surface area contributed by atoms with Crippen molar-refractivity contribution in [3.05, 3.63) is 29.3 Å². The lowest BCUT2D eigenvalue weighted by Gasteiger charge is -2.48. The summed E-state index contributed by atoms with van der Waals surface area (Å²) in [6.07, 6.45) is 5.80. The van der Waals surface area contributed by atoms with Crippen LogP contribution in [0.5, 0.6) is 0 Å². The molecule has 152 valence electrons. The molecule has 0 aromatic heterocycles. The highest BCUT2D eigenvalue weighted by atomic mass is 32.2. The molecule has 1 saturated heterocycles. The lowest BCUT2D eigenvalue weighted by Crippen LogP contribution is -2.42. The summed E-state index contributed by atoms with van der Waals surface area (Å²) < 4.78 is 32.9. The number of Topliss-reactive ketones (excluding diaryl/α,β-unsaturated/α-hetero) is 1. The highest BCUT2D eigenvalue weighted by Gasteiger charge is 2.54. The molecule has 2 saturated carbocycles. The molecule has 1 aromatic rings. The number of aryl methyl sites for hydroxylation is 1. The summed E-state index contributed by atoms with van der Waals surface area (Å²) in [6, 6.07) is 5.79. The van der Waals surface area contributed by atoms with E-state index in [4.69, 9.17) is 4.74 Å².